The number of hydrogen-bond acceptors (Lipinski definition) is 6. The summed E-state index contributed by atoms with van der Waals surface area (Å²) in [7, 11) is -3.85. The Kier molecular flexibility index (Phi) is 9.04. The van der Waals surface area contributed by atoms with Gasteiger partial charge < -0.3 is 19.7 Å². The van der Waals surface area contributed by atoms with Crippen molar-refractivity contribution in [2.24, 2.45) is 0 Å². The maximum Gasteiger partial charge on any atom is 0.244 e. The van der Waals surface area contributed by atoms with Crippen LogP contribution in [0.4, 0.5) is 5.69 Å². The van der Waals surface area contributed by atoms with Crippen LogP contribution >= 0.6 is 11.6 Å². The highest BCUT2D eigenvalue weighted by atomic mass is 35.5. The molecule has 1 fully saturated rings. The van der Waals surface area contributed by atoms with Crippen molar-refractivity contribution >= 4 is 39.1 Å². The van der Waals surface area contributed by atoms with Gasteiger partial charge in [0, 0.05) is 23.7 Å². The van der Waals surface area contributed by atoms with Gasteiger partial charge in [-0.3, -0.25) is 13.9 Å². The molecule has 0 bridgehead atoms. The Morgan fingerprint density at radius 3 is 2.47 bits per heavy atom. The summed E-state index contributed by atoms with van der Waals surface area (Å²) >= 11 is 6.42. The number of nitrogens with zero attached hydrogens (tertiary/aromatic N) is 2. The molecule has 1 unspecified atom stereocenters. The molecule has 1 saturated carbocycles. The van der Waals surface area contributed by atoms with Gasteiger partial charge in [0.2, 0.25) is 28.6 Å². The standard InChI is InChI=1S/C27H34ClN3O6S/c1-3-23(27(33)29-20-10-6-7-11-20)30(16-19-9-5-8-12-22(19)28)26(32)17-31(38(34,35)4-2)21-13-14-24-25(15-21)37-18-36-24/h5,8-9,12-15,20,23H,3-4,6-7,10-11,16-18H2,1-2H3,(H,29,33). The fourth-order valence-corrected chi connectivity index (χ4v) is 6.11. The van der Waals surface area contributed by atoms with Gasteiger partial charge in [-0.2, -0.15) is 0 Å². The van der Waals surface area contributed by atoms with Crippen LogP contribution in [-0.4, -0.2) is 56.3 Å². The molecule has 1 aliphatic heterocycles. The van der Waals surface area contributed by atoms with Crippen molar-refractivity contribution in [3.63, 3.8) is 0 Å². The Hall–Kier alpha value is -2.98. The Balaban J connectivity index is 1.65. The molecule has 9 nitrogen and oxygen atoms in total. The quantitative estimate of drug-likeness (QED) is 0.441. The monoisotopic (exact) mass is 563 g/mol. The van der Waals surface area contributed by atoms with Gasteiger partial charge in [0.1, 0.15) is 12.6 Å². The van der Waals surface area contributed by atoms with E-state index in [-0.39, 0.29) is 36.7 Å². The Bertz CT molecular complexity index is 1270. The van der Waals surface area contributed by atoms with Gasteiger partial charge in [-0.15, -0.1) is 0 Å². The van der Waals surface area contributed by atoms with E-state index in [1.807, 2.05) is 13.0 Å². The number of fused-ring (bicyclic) bond motifs is 1. The van der Waals surface area contributed by atoms with Gasteiger partial charge >= 0.3 is 0 Å². The summed E-state index contributed by atoms with van der Waals surface area (Å²) in [4.78, 5) is 28.8. The van der Waals surface area contributed by atoms with Crippen LogP contribution in [0.3, 0.4) is 0 Å². The van der Waals surface area contributed by atoms with Crippen molar-refractivity contribution in [2.75, 3.05) is 23.4 Å². The van der Waals surface area contributed by atoms with E-state index < -0.39 is 28.5 Å². The van der Waals surface area contributed by atoms with E-state index in [2.05, 4.69) is 5.32 Å². The number of carbonyl (C=O) groups is 2. The van der Waals surface area contributed by atoms with Gasteiger partial charge in [-0.1, -0.05) is 49.6 Å². The molecule has 2 amide bonds. The van der Waals surface area contributed by atoms with E-state index in [4.69, 9.17) is 21.1 Å². The second-order valence-corrected chi connectivity index (χ2v) is 12.1. The molecule has 11 heteroatoms. The Morgan fingerprint density at radius 2 is 1.79 bits per heavy atom. The summed E-state index contributed by atoms with van der Waals surface area (Å²) in [6.07, 6.45) is 4.30. The van der Waals surface area contributed by atoms with Crippen molar-refractivity contribution in [3.8, 4) is 11.5 Å². The predicted octanol–water partition coefficient (Wildman–Crippen LogP) is 4.09. The smallest absolute Gasteiger partial charge is 0.244 e. The zero-order chi connectivity index (χ0) is 27.3. The molecule has 1 atom stereocenters. The molecule has 0 radical (unpaired) electrons. The average molecular weight is 564 g/mol. The number of rotatable bonds is 11. The highest BCUT2D eigenvalue weighted by Crippen LogP contribution is 2.36. The molecule has 1 aliphatic carbocycles. The minimum Gasteiger partial charge on any atom is -0.454 e. The molecule has 0 saturated heterocycles. The van der Waals surface area contributed by atoms with E-state index in [9.17, 15) is 18.0 Å². The molecule has 1 heterocycles. The molecular weight excluding hydrogens is 530 g/mol. The lowest BCUT2D eigenvalue weighted by Crippen LogP contribution is -2.53. The fraction of sp³-hybridized carbons (Fsp3) is 0.481. The predicted molar refractivity (Wildman–Crippen MR) is 146 cm³/mol. The first-order valence-electron chi connectivity index (χ1n) is 13.0. The summed E-state index contributed by atoms with van der Waals surface area (Å²) in [6.45, 7) is 2.98. The molecule has 0 aromatic heterocycles. The normalized spacial score (nSPS) is 15.8. The lowest BCUT2D eigenvalue weighted by Gasteiger charge is -2.34. The number of halogens is 1. The molecule has 38 heavy (non-hydrogen) atoms. The van der Waals surface area contributed by atoms with Crippen LogP contribution in [0.5, 0.6) is 11.5 Å². The molecule has 2 aromatic rings. The Labute approximate surface area is 229 Å². The fourth-order valence-electron chi connectivity index (χ4n) is 4.86. The van der Waals surface area contributed by atoms with Gasteiger partial charge in [0.25, 0.3) is 0 Å². The van der Waals surface area contributed by atoms with Crippen molar-refractivity contribution < 1.29 is 27.5 Å². The van der Waals surface area contributed by atoms with Crippen LogP contribution in [0, 0.1) is 0 Å². The molecular formula is C27H34ClN3O6S. The number of sulfonamides is 1. The minimum absolute atomic E-state index is 0.0398. The first-order valence-corrected chi connectivity index (χ1v) is 15.0. The molecule has 1 N–H and O–H groups in total. The van der Waals surface area contributed by atoms with Crippen LogP contribution < -0.4 is 19.1 Å². The van der Waals surface area contributed by atoms with Crippen molar-refractivity contribution in [3.05, 3.63) is 53.1 Å². The van der Waals surface area contributed by atoms with Crippen molar-refractivity contribution in [1.29, 1.82) is 0 Å². The second kappa shape index (κ2) is 12.3. The number of amides is 2. The van der Waals surface area contributed by atoms with Crippen LogP contribution in [0.2, 0.25) is 5.02 Å². The number of nitrogens with one attached hydrogen (secondary N) is 1. The van der Waals surface area contributed by atoms with Crippen molar-refractivity contribution in [1.82, 2.24) is 10.2 Å². The lowest BCUT2D eigenvalue weighted by atomic mass is 10.1. The van der Waals surface area contributed by atoms with Crippen LogP contribution in [-0.2, 0) is 26.2 Å². The van der Waals surface area contributed by atoms with Crippen LogP contribution in [0.1, 0.15) is 51.5 Å². The number of carbonyl (C=O) groups excluding carboxylic acids is 2. The largest absolute Gasteiger partial charge is 0.454 e. The minimum atomic E-state index is -3.85. The zero-order valence-corrected chi connectivity index (χ0v) is 23.3. The third-order valence-corrected chi connectivity index (χ3v) is 9.12. The van der Waals surface area contributed by atoms with Gasteiger partial charge in [0.05, 0.1) is 11.4 Å². The SMILES string of the molecule is CCC(C(=O)NC1CCCC1)N(Cc1ccccc1Cl)C(=O)CN(c1ccc2c(c1)OCO2)S(=O)(=O)CC. The maximum atomic E-state index is 13.9. The highest BCUT2D eigenvalue weighted by molar-refractivity contribution is 7.92. The first-order chi connectivity index (χ1) is 18.2. The summed E-state index contributed by atoms with van der Waals surface area (Å²) in [5, 5.41) is 3.56. The van der Waals surface area contributed by atoms with E-state index in [0.717, 1.165) is 30.0 Å². The summed E-state index contributed by atoms with van der Waals surface area (Å²) in [5.74, 6) is -0.0511. The third-order valence-electron chi connectivity index (χ3n) is 7.01. The first kappa shape index (κ1) is 28.0. The molecule has 206 valence electrons. The number of benzene rings is 2. The van der Waals surface area contributed by atoms with Gasteiger partial charge in [0.15, 0.2) is 11.5 Å². The Morgan fingerprint density at radius 1 is 1.08 bits per heavy atom. The van der Waals surface area contributed by atoms with Gasteiger partial charge in [-0.25, -0.2) is 8.42 Å². The highest BCUT2D eigenvalue weighted by Gasteiger charge is 2.34. The summed E-state index contributed by atoms with van der Waals surface area (Å²) < 4.78 is 38.2. The summed E-state index contributed by atoms with van der Waals surface area (Å²) in [5.41, 5.74) is 0.952. The average Bonchev–Trinajstić information content (AvgIpc) is 3.59. The molecule has 2 aromatic carbocycles. The number of anilines is 1. The third kappa shape index (κ3) is 6.35. The lowest BCUT2D eigenvalue weighted by molar-refractivity contribution is -0.140. The van der Waals surface area contributed by atoms with Crippen molar-refractivity contribution in [2.45, 2.75) is 64.6 Å². The van der Waals surface area contributed by atoms with E-state index >= 15 is 0 Å². The molecule has 4 rings (SSSR count). The van der Waals surface area contributed by atoms with E-state index in [1.54, 1.807) is 36.4 Å². The zero-order valence-electron chi connectivity index (χ0n) is 21.7. The number of hydrogen-bond donors (Lipinski definition) is 1. The van der Waals surface area contributed by atoms with Gasteiger partial charge in [-0.05, 0) is 49.9 Å². The number of ether oxygens (including phenoxy) is 2. The second-order valence-electron chi connectivity index (χ2n) is 9.47. The topological polar surface area (TPSA) is 105 Å². The van der Waals surface area contributed by atoms with E-state index in [0.29, 0.717) is 28.5 Å². The molecule has 0 spiro atoms. The van der Waals surface area contributed by atoms with Crippen LogP contribution in [0.15, 0.2) is 42.5 Å². The van der Waals surface area contributed by atoms with Crippen LogP contribution in [0.25, 0.3) is 0 Å². The summed E-state index contributed by atoms with van der Waals surface area (Å²) in [6, 6.07) is 11.2. The maximum absolute atomic E-state index is 13.9. The molecule has 2 aliphatic rings. The van der Waals surface area contributed by atoms with E-state index in [1.165, 1.54) is 11.8 Å².